The highest BCUT2D eigenvalue weighted by Gasteiger charge is 2.33. The highest BCUT2D eigenvalue weighted by Crippen LogP contribution is 2.27. The summed E-state index contributed by atoms with van der Waals surface area (Å²) in [4.78, 5) is 29.9. The van der Waals surface area contributed by atoms with Gasteiger partial charge in [-0.25, -0.2) is 0 Å². The third kappa shape index (κ3) is 3.77. The molecule has 0 unspecified atom stereocenters. The Bertz CT molecular complexity index is 1220. The van der Waals surface area contributed by atoms with E-state index in [2.05, 4.69) is 4.90 Å². The Morgan fingerprint density at radius 1 is 1.06 bits per heavy atom. The number of fused-ring (bicyclic) bond motifs is 1. The number of aromatic nitrogens is 2. The highest BCUT2D eigenvalue weighted by molar-refractivity contribution is 6.42. The number of nitrogens with zero attached hydrogens (tertiary/aromatic N) is 4. The zero-order valence-corrected chi connectivity index (χ0v) is 18.5. The minimum atomic E-state index is -0.487. The molecule has 162 valence electrons. The van der Waals surface area contributed by atoms with Crippen LogP contribution in [0, 0.1) is 17.0 Å². The zero-order chi connectivity index (χ0) is 22.3. The fourth-order valence-electron chi connectivity index (χ4n) is 3.75. The van der Waals surface area contributed by atoms with Gasteiger partial charge in [0.25, 0.3) is 5.52 Å². The average molecular weight is 463 g/mol. The number of anilines is 1. The van der Waals surface area contributed by atoms with Gasteiger partial charge in [-0.15, -0.1) is 0 Å². The molecule has 1 saturated heterocycles. The van der Waals surface area contributed by atoms with Crippen molar-refractivity contribution < 1.29 is 14.0 Å². The van der Waals surface area contributed by atoms with E-state index in [4.69, 9.17) is 27.9 Å². The molecule has 0 N–H and O–H groups in total. The second kappa shape index (κ2) is 8.28. The van der Waals surface area contributed by atoms with Gasteiger partial charge in [0.05, 0.1) is 27.3 Å². The van der Waals surface area contributed by atoms with Crippen molar-refractivity contribution in [2.45, 2.75) is 6.92 Å². The molecule has 1 aliphatic rings. The van der Waals surface area contributed by atoms with E-state index in [0.717, 1.165) is 11.4 Å². The van der Waals surface area contributed by atoms with Crippen molar-refractivity contribution in [1.29, 1.82) is 0 Å². The zero-order valence-electron chi connectivity index (χ0n) is 17.0. The molecule has 0 atom stereocenters. The molecule has 0 saturated carbocycles. The molecule has 2 heterocycles. The third-order valence-corrected chi connectivity index (χ3v) is 6.23. The van der Waals surface area contributed by atoms with Gasteiger partial charge in [-0.2, -0.15) is 0 Å². The molecule has 31 heavy (non-hydrogen) atoms. The van der Waals surface area contributed by atoms with Gasteiger partial charge in [-0.3, -0.25) is 4.79 Å². The Balaban J connectivity index is 1.60. The fraction of sp³-hybridized carbons (Fsp3) is 0.286. The second-order valence-corrected chi connectivity index (χ2v) is 8.07. The van der Waals surface area contributed by atoms with E-state index in [9.17, 15) is 14.9 Å². The van der Waals surface area contributed by atoms with Crippen molar-refractivity contribution in [3.8, 4) is 5.75 Å². The highest BCUT2D eigenvalue weighted by atomic mass is 35.5. The predicted octanol–water partition coefficient (Wildman–Crippen LogP) is 3.49. The number of carbonyl (C=O) groups excluding carboxylic acids is 1. The number of piperazine rings is 1. The van der Waals surface area contributed by atoms with Gasteiger partial charge in [0.1, 0.15) is 11.3 Å². The predicted molar refractivity (Wildman–Crippen MR) is 120 cm³/mol. The smallest absolute Gasteiger partial charge is 0.346 e. The molecule has 1 amide bonds. The number of hydrogen-bond donors (Lipinski definition) is 0. The van der Waals surface area contributed by atoms with Gasteiger partial charge in [-0.1, -0.05) is 23.2 Å². The number of halogens is 2. The molecule has 1 aromatic heterocycles. The van der Waals surface area contributed by atoms with E-state index >= 15 is 0 Å². The SMILES string of the molecule is COc1ccc(N2CCN(C(=O)c3c(C)n([O-])c4cc(Cl)c(Cl)cc4[n+]3=O)CC2)cc1. The number of carbonyl (C=O) groups is 1. The van der Waals surface area contributed by atoms with Gasteiger partial charge >= 0.3 is 11.6 Å². The van der Waals surface area contributed by atoms with E-state index in [1.54, 1.807) is 12.0 Å². The summed E-state index contributed by atoms with van der Waals surface area (Å²) in [6.07, 6.45) is 0. The van der Waals surface area contributed by atoms with Gasteiger partial charge < -0.3 is 24.5 Å². The van der Waals surface area contributed by atoms with Gasteiger partial charge in [0.15, 0.2) is 0 Å². The first-order chi connectivity index (χ1) is 14.8. The summed E-state index contributed by atoms with van der Waals surface area (Å²) >= 11 is 12.0. The largest absolute Gasteiger partial charge is 0.805 e. The Morgan fingerprint density at radius 2 is 1.68 bits per heavy atom. The lowest BCUT2D eigenvalue weighted by Gasteiger charge is -2.35. The Labute approximate surface area is 188 Å². The molecule has 1 aliphatic heterocycles. The van der Waals surface area contributed by atoms with E-state index < -0.39 is 5.91 Å². The molecule has 0 bridgehead atoms. The summed E-state index contributed by atoms with van der Waals surface area (Å²) in [5.41, 5.74) is 0.887. The van der Waals surface area contributed by atoms with Crippen LogP contribution in [0.3, 0.4) is 0 Å². The summed E-state index contributed by atoms with van der Waals surface area (Å²) in [6.45, 7) is 3.49. The van der Waals surface area contributed by atoms with Crippen LogP contribution in [0.1, 0.15) is 16.2 Å². The summed E-state index contributed by atoms with van der Waals surface area (Å²) in [5, 5.41) is 13.0. The maximum atomic E-state index is 13.2. The Morgan fingerprint density at radius 3 is 2.29 bits per heavy atom. The minimum Gasteiger partial charge on any atom is -0.805 e. The van der Waals surface area contributed by atoms with Crippen LogP contribution in [-0.4, -0.2) is 48.8 Å². The maximum absolute atomic E-state index is 13.2. The van der Waals surface area contributed by atoms with Gasteiger partial charge in [0.2, 0.25) is 0 Å². The summed E-state index contributed by atoms with van der Waals surface area (Å²) in [7, 11) is 1.62. The quantitative estimate of drug-likeness (QED) is 0.556. The van der Waals surface area contributed by atoms with Gasteiger partial charge in [-0.05, 0) is 37.3 Å². The number of rotatable bonds is 3. The van der Waals surface area contributed by atoms with E-state index in [1.165, 1.54) is 19.1 Å². The monoisotopic (exact) mass is 462 g/mol. The van der Waals surface area contributed by atoms with Crippen molar-refractivity contribution >= 4 is 45.8 Å². The van der Waals surface area contributed by atoms with Crippen LogP contribution in [0.15, 0.2) is 36.4 Å². The first kappa shape index (κ1) is 21.3. The van der Waals surface area contributed by atoms with Crippen LogP contribution < -0.4 is 14.1 Å². The third-order valence-electron chi connectivity index (χ3n) is 5.51. The number of ether oxygens (including phenoxy) is 1. The molecule has 1 fully saturated rings. The van der Waals surface area contributed by atoms with Crippen LogP contribution in [-0.2, 0) is 0 Å². The van der Waals surface area contributed by atoms with Crippen molar-refractivity contribution in [3.05, 3.63) is 67.9 Å². The Kier molecular flexibility index (Phi) is 5.68. The Hall–Kier alpha value is -2.97. The van der Waals surface area contributed by atoms with E-state index in [-0.39, 0.29) is 32.5 Å². The molecule has 4 rings (SSSR count). The van der Waals surface area contributed by atoms with Gasteiger partial charge in [0, 0.05) is 42.8 Å². The molecule has 0 radical (unpaired) electrons. The molecular formula is C21H20Cl2N4O4. The molecular weight excluding hydrogens is 443 g/mol. The van der Waals surface area contributed by atoms with Crippen molar-refractivity contribution in [2.75, 3.05) is 38.2 Å². The summed E-state index contributed by atoms with van der Waals surface area (Å²) < 4.78 is 6.20. The maximum Gasteiger partial charge on any atom is 0.346 e. The normalized spacial score (nSPS) is 14.2. The first-order valence-corrected chi connectivity index (χ1v) is 10.4. The minimum absolute atomic E-state index is 0.00443. The van der Waals surface area contributed by atoms with Crippen molar-refractivity contribution in [3.63, 3.8) is 0 Å². The average Bonchev–Trinajstić information content (AvgIpc) is 2.79. The van der Waals surface area contributed by atoms with E-state index in [1.807, 2.05) is 24.3 Å². The fourth-order valence-corrected chi connectivity index (χ4v) is 4.06. The number of amides is 1. The summed E-state index contributed by atoms with van der Waals surface area (Å²) in [5.74, 6) is 0.288. The van der Waals surface area contributed by atoms with Crippen LogP contribution in [0.2, 0.25) is 10.0 Å². The van der Waals surface area contributed by atoms with Crippen molar-refractivity contribution in [1.82, 2.24) is 9.63 Å². The van der Waals surface area contributed by atoms with Crippen LogP contribution in [0.25, 0.3) is 11.0 Å². The lowest BCUT2D eigenvalue weighted by atomic mass is 10.2. The number of benzene rings is 2. The first-order valence-electron chi connectivity index (χ1n) is 9.64. The molecule has 3 aromatic rings. The number of methoxy groups -OCH3 is 1. The second-order valence-electron chi connectivity index (χ2n) is 7.26. The van der Waals surface area contributed by atoms with Crippen LogP contribution >= 0.6 is 23.2 Å². The molecule has 8 nitrogen and oxygen atoms in total. The molecule has 0 aliphatic carbocycles. The lowest BCUT2D eigenvalue weighted by molar-refractivity contribution is -0.469. The summed E-state index contributed by atoms with van der Waals surface area (Å²) in [6, 6.07) is 10.3. The molecule has 2 aromatic carbocycles. The lowest BCUT2D eigenvalue weighted by Crippen LogP contribution is -2.50. The molecule has 10 heteroatoms. The number of hydrogen-bond acceptors (Lipinski definition) is 5. The van der Waals surface area contributed by atoms with E-state index in [0.29, 0.717) is 35.3 Å². The van der Waals surface area contributed by atoms with Crippen molar-refractivity contribution in [2.24, 2.45) is 0 Å². The van der Waals surface area contributed by atoms with Crippen LogP contribution in [0.4, 0.5) is 5.69 Å². The standard InChI is InChI=1S/C21H20Cl2N4O4/c1-13-20(27(30)19-12-17(23)16(22)11-18(19)26(13)29)21(28)25-9-7-24(8-10-25)14-3-5-15(31-2)6-4-14/h3-6,11-12H,7-10H2,1-2H3. The topological polar surface area (TPSA) is 83.7 Å². The van der Waals surface area contributed by atoms with Crippen LogP contribution in [0.5, 0.6) is 5.75 Å². The molecule has 0 spiro atoms.